The van der Waals surface area contributed by atoms with E-state index in [1.54, 1.807) is 0 Å². The van der Waals surface area contributed by atoms with Crippen LogP contribution in [0.15, 0.2) is 5.16 Å². The minimum absolute atomic E-state index is 0.0901. The normalized spacial score (nSPS) is 29.2. The fourth-order valence-electron chi connectivity index (χ4n) is 2.40. The van der Waals surface area contributed by atoms with Gasteiger partial charge in [-0.2, -0.15) is 13.5 Å². The SMILES string of the molecule is CC[C@@H]1CC(=NOC)[C@@H]2CN1C(=O)N2OS(=O)(=O)O. The van der Waals surface area contributed by atoms with E-state index in [0.717, 1.165) is 0 Å². The molecule has 0 aromatic carbocycles. The molecule has 0 unspecified atom stereocenters. The number of fused-ring (bicyclic) bond motifs is 2. The molecule has 2 heterocycles. The maximum absolute atomic E-state index is 12.0. The summed E-state index contributed by atoms with van der Waals surface area (Å²) in [5.41, 5.74) is 0.514. The quantitative estimate of drug-likeness (QED) is 0.578. The van der Waals surface area contributed by atoms with E-state index in [4.69, 9.17) is 9.39 Å². The van der Waals surface area contributed by atoms with Gasteiger partial charge in [0, 0.05) is 12.5 Å². The fourth-order valence-corrected chi connectivity index (χ4v) is 2.77. The molecule has 0 spiro atoms. The lowest BCUT2D eigenvalue weighted by Crippen LogP contribution is -2.45. The molecule has 2 aliphatic rings. The van der Waals surface area contributed by atoms with E-state index in [2.05, 4.69) is 9.44 Å². The van der Waals surface area contributed by atoms with Gasteiger partial charge in [-0.3, -0.25) is 4.55 Å². The third kappa shape index (κ3) is 2.65. The first-order valence-corrected chi connectivity index (χ1v) is 7.10. The maximum Gasteiger partial charge on any atom is 0.418 e. The van der Waals surface area contributed by atoms with Crippen LogP contribution in [0.3, 0.4) is 0 Å². The van der Waals surface area contributed by atoms with Crippen LogP contribution in [0, 0.1) is 0 Å². The molecule has 2 bridgehead atoms. The summed E-state index contributed by atoms with van der Waals surface area (Å²) in [7, 11) is -3.39. The Kier molecular flexibility index (Phi) is 3.65. The van der Waals surface area contributed by atoms with Crippen molar-refractivity contribution in [2.24, 2.45) is 5.16 Å². The van der Waals surface area contributed by atoms with Crippen LogP contribution >= 0.6 is 0 Å². The van der Waals surface area contributed by atoms with Gasteiger partial charge in [-0.25, -0.2) is 4.79 Å². The van der Waals surface area contributed by atoms with Crippen LogP contribution in [0.25, 0.3) is 0 Å². The van der Waals surface area contributed by atoms with E-state index in [1.165, 1.54) is 12.0 Å². The van der Waals surface area contributed by atoms with E-state index in [0.29, 0.717) is 23.6 Å². The predicted octanol–water partition coefficient (Wildman–Crippen LogP) is 0.0117. The molecular weight excluding hydrogens is 278 g/mol. The summed E-state index contributed by atoms with van der Waals surface area (Å²) in [4.78, 5) is 18.2. The molecule has 0 aliphatic carbocycles. The number of hydrogen-bond acceptors (Lipinski definition) is 6. The zero-order valence-electron chi connectivity index (χ0n) is 10.5. The Balaban J connectivity index is 2.32. The Morgan fingerprint density at radius 1 is 1.53 bits per heavy atom. The number of carbonyl (C=O) groups is 1. The second kappa shape index (κ2) is 4.94. The number of nitrogens with zero attached hydrogens (tertiary/aromatic N) is 3. The molecule has 2 amide bonds. The molecule has 9 nitrogen and oxygen atoms in total. The first-order chi connectivity index (χ1) is 8.87. The van der Waals surface area contributed by atoms with Crippen LogP contribution in [-0.4, -0.2) is 60.4 Å². The van der Waals surface area contributed by atoms with E-state index >= 15 is 0 Å². The number of carbonyl (C=O) groups excluding carboxylic acids is 1. The van der Waals surface area contributed by atoms with Crippen LogP contribution < -0.4 is 0 Å². The van der Waals surface area contributed by atoms with Gasteiger partial charge in [0.05, 0.1) is 12.3 Å². The van der Waals surface area contributed by atoms with Crippen molar-refractivity contribution in [3.8, 4) is 0 Å². The summed E-state index contributed by atoms with van der Waals surface area (Å²) < 4.78 is 34.6. The highest BCUT2D eigenvalue weighted by atomic mass is 32.3. The van der Waals surface area contributed by atoms with Crippen LogP contribution in [0.4, 0.5) is 4.79 Å². The molecule has 108 valence electrons. The second-order valence-corrected chi connectivity index (χ2v) is 5.31. The number of hydrogen-bond donors (Lipinski definition) is 1. The van der Waals surface area contributed by atoms with E-state index in [9.17, 15) is 13.2 Å². The Morgan fingerprint density at radius 3 is 2.74 bits per heavy atom. The molecule has 10 heteroatoms. The van der Waals surface area contributed by atoms with Crippen molar-refractivity contribution < 1.29 is 26.9 Å². The lowest BCUT2D eigenvalue weighted by molar-refractivity contribution is -0.0145. The van der Waals surface area contributed by atoms with Gasteiger partial charge in [-0.05, 0) is 6.42 Å². The number of oxime groups is 1. The van der Waals surface area contributed by atoms with Gasteiger partial charge >= 0.3 is 16.4 Å². The van der Waals surface area contributed by atoms with Crippen molar-refractivity contribution in [3.05, 3.63) is 0 Å². The zero-order chi connectivity index (χ0) is 14.2. The van der Waals surface area contributed by atoms with Gasteiger partial charge in [0.15, 0.2) is 0 Å². The number of piperidine rings is 1. The average Bonchev–Trinajstić information content (AvgIpc) is 2.58. The average molecular weight is 293 g/mol. The van der Waals surface area contributed by atoms with Crippen molar-refractivity contribution in [1.29, 1.82) is 0 Å². The summed E-state index contributed by atoms with van der Waals surface area (Å²) in [6.45, 7) is 2.17. The van der Waals surface area contributed by atoms with Crippen molar-refractivity contribution in [2.75, 3.05) is 13.7 Å². The van der Waals surface area contributed by atoms with Crippen LogP contribution in [0.5, 0.6) is 0 Å². The minimum Gasteiger partial charge on any atom is -0.399 e. The molecule has 0 aromatic rings. The van der Waals surface area contributed by atoms with Crippen molar-refractivity contribution in [2.45, 2.75) is 31.8 Å². The van der Waals surface area contributed by atoms with E-state index < -0.39 is 22.5 Å². The Hall–Kier alpha value is -1.39. The smallest absolute Gasteiger partial charge is 0.399 e. The molecule has 1 N–H and O–H groups in total. The molecule has 0 radical (unpaired) electrons. The van der Waals surface area contributed by atoms with Gasteiger partial charge in [0.25, 0.3) is 0 Å². The topological polar surface area (TPSA) is 109 Å². The number of amides is 2. The minimum atomic E-state index is -4.76. The highest BCUT2D eigenvalue weighted by Gasteiger charge is 2.50. The lowest BCUT2D eigenvalue weighted by atomic mass is 9.97. The molecule has 2 fully saturated rings. The molecule has 2 atom stereocenters. The first-order valence-electron chi connectivity index (χ1n) is 5.74. The lowest BCUT2D eigenvalue weighted by Gasteiger charge is -2.30. The number of rotatable bonds is 4. The van der Waals surface area contributed by atoms with E-state index in [1.807, 2.05) is 6.92 Å². The van der Waals surface area contributed by atoms with E-state index in [-0.39, 0.29) is 12.6 Å². The van der Waals surface area contributed by atoms with Crippen LogP contribution in [0.1, 0.15) is 19.8 Å². The molecule has 2 saturated heterocycles. The first kappa shape index (κ1) is 14.0. The molecule has 0 saturated carbocycles. The molecule has 19 heavy (non-hydrogen) atoms. The number of hydroxylamine groups is 2. The van der Waals surface area contributed by atoms with Gasteiger partial charge in [0.1, 0.15) is 13.2 Å². The summed E-state index contributed by atoms with van der Waals surface area (Å²) in [6.07, 6.45) is 1.17. The van der Waals surface area contributed by atoms with Gasteiger partial charge in [-0.1, -0.05) is 12.1 Å². The zero-order valence-corrected chi connectivity index (χ0v) is 11.3. The highest BCUT2D eigenvalue weighted by Crippen LogP contribution is 2.30. The molecule has 2 aliphatic heterocycles. The Morgan fingerprint density at radius 2 is 2.21 bits per heavy atom. The van der Waals surface area contributed by atoms with Gasteiger partial charge in [0.2, 0.25) is 0 Å². The highest BCUT2D eigenvalue weighted by molar-refractivity contribution is 7.80. The Bertz CT molecular complexity index is 504. The van der Waals surface area contributed by atoms with Gasteiger partial charge < -0.3 is 9.74 Å². The molecule has 0 aromatic heterocycles. The number of urea groups is 1. The summed E-state index contributed by atoms with van der Waals surface area (Å²) in [5, 5.41) is 4.44. The van der Waals surface area contributed by atoms with Crippen molar-refractivity contribution in [1.82, 2.24) is 9.96 Å². The van der Waals surface area contributed by atoms with Crippen molar-refractivity contribution in [3.63, 3.8) is 0 Å². The third-order valence-electron chi connectivity index (χ3n) is 3.21. The largest absolute Gasteiger partial charge is 0.418 e. The Labute approximate surface area is 110 Å². The maximum atomic E-state index is 12.0. The molecular formula is C9H15N3O6S. The van der Waals surface area contributed by atoms with Crippen LogP contribution in [0.2, 0.25) is 0 Å². The monoisotopic (exact) mass is 293 g/mol. The van der Waals surface area contributed by atoms with Gasteiger partial charge in [-0.15, -0.1) is 4.28 Å². The second-order valence-electron chi connectivity index (χ2n) is 4.31. The van der Waals surface area contributed by atoms with Crippen LogP contribution in [-0.2, 0) is 19.5 Å². The summed E-state index contributed by atoms with van der Waals surface area (Å²) in [6, 6.07) is -1.36. The summed E-state index contributed by atoms with van der Waals surface area (Å²) >= 11 is 0. The molecule has 2 rings (SSSR count). The third-order valence-corrected chi connectivity index (χ3v) is 3.56. The standard InChI is InChI=1S/C9H15N3O6S/c1-3-6-4-7(10-17-2)8-5-11(6)9(13)12(8)18-19(14,15)16/h6,8H,3-5H2,1-2H3,(H,14,15,16)/t6-,8+/m1/s1. The van der Waals surface area contributed by atoms with Crippen molar-refractivity contribution >= 4 is 22.1 Å². The predicted molar refractivity (Wildman–Crippen MR) is 63.5 cm³/mol. The summed E-state index contributed by atoms with van der Waals surface area (Å²) in [5.74, 6) is 0. The fraction of sp³-hybridized carbons (Fsp3) is 0.778.